The number of hydrogen-bond acceptors (Lipinski definition) is 9. The van der Waals surface area contributed by atoms with Gasteiger partial charge in [-0.3, -0.25) is 19.5 Å². The lowest BCUT2D eigenvalue weighted by molar-refractivity contribution is -0.247. The van der Waals surface area contributed by atoms with Gasteiger partial charge in [0.1, 0.15) is 5.75 Å². The summed E-state index contributed by atoms with van der Waals surface area (Å²) >= 11 is 1.49. The summed E-state index contributed by atoms with van der Waals surface area (Å²) in [4.78, 5) is 32.2. The standard InChI is InChI=1S/C33H32N4O6S2/c1-23-12-15-43-30(23)32(40)35-27-7-4-6-24(19-27)10-11-25-18-26(21-34-20-25)31(39)36-45(29-9-3-2-8-28(29)38)17-5-13-37-14-16-44-22-33(37,41)42/h2-4,6-9,12,15,18-21,38,41-42H,5,13-14,16-17,22H2,1H3,(H,35,40). The smallest absolute Gasteiger partial charge is 0.291 e. The molecule has 5 rings (SSSR count). The summed E-state index contributed by atoms with van der Waals surface area (Å²) in [6.45, 7) is 2.75. The minimum atomic E-state index is -1.87. The predicted molar refractivity (Wildman–Crippen MR) is 174 cm³/mol. The Balaban J connectivity index is 1.31. The van der Waals surface area contributed by atoms with Gasteiger partial charge in [0.25, 0.3) is 11.8 Å². The van der Waals surface area contributed by atoms with Gasteiger partial charge in [0.2, 0.25) is 5.91 Å². The fourth-order valence-electron chi connectivity index (χ4n) is 4.59. The van der Waals surface area contributed by atoms with Crippen molar-refractivity contribution < 1.29 is 29.3 Å². The Morgan fingerprint density at radius 3 is 2.71 bits per heavy atom. The lowest BCUT2D eigenvalue weighted by Crippen LogP contribution is -2.54. The van der Waals surface area contributed by atoms with Crippen LogP contribution in [-0.4, -0.2) is 73.3 Å². The minimum absolute atomic E-state index is 0.0425. The molecule has 4 aromatic rings. The number of nitrogens with one attached hydrogen (secondary N) is 1. The van der Waals surface area contributed by atoms with E-state index < -0.39 is 22.5 Å². The average Bonchev–Trinajstić information content (AvgIpc) is 3.47. The summed E-state index contributed by atoms with van der Waals surface area (Å²) in [5, 5.41) is 33.9. The monoisotopic (exact) mass is 644 g/mol. The molecule has 1 aliphatic rings. The zero-order valence-electron chi connectivity index (χ0n) is 24.5. The highest BCUT2D eigenvalue weighted by atomic mass is 32.2. The Kier molecular flexibility index (Phi) is 10.5. The molecule has 232 valence electrons. The Bertz CT molecular complexity index is 1790. The molecule has 2 amide bonds. The van der Waals surface area contributed by atoms with Crippen molar-refractivity contribution in [3.8, 4) is 17.6 Å². The number of aromatic hydroxyl groups is 1. The van der Waals surface area contributed by atoms with Crippen molar-refractivity contribution in [1.82, 2.24) is 9.88 Å². The third-order valence-electron chi connectivity index (χ3n) is 6.91. The highest BCUT2D eigenvalue weighted by Gasteiger charge is 2.34. The molecule has 45 heavy (non-hydrogen) atoms. The lowest BCUT2D eigenvalue weighted by Gasteiger charge is -2.38. The number of carbonyl (C=O) groups excluding carboxylic acids is 2. The van der Waals surface area contributed by atoms with Crippen LogP contribution in [0.1, 0.15) is 44.0 Å². The first-order valence-corrected chi connectivity index (χ1v) is 16.7. The normalized spacial score (nSPS) is 15.2. The van der Waals surface area contributed by atoms with Crippen molar-refractivity contribution in [3.63, 3.8) is 0 Å². The van der Waals surface area contributed by atoms with Crippen LogP contribution < -0.4 is 5.32 Å². The Morgan fingerprint density at radius 1 is 1.11 bits per heavy atom. The zero-order chi connectivity index (χ0) is 31.8. The second kappa shape index (κ2) is 14.7. The highest BCUT2D eigenvalue weighted by Crippen LogP contribution is 2.25. The van der Waals surface area contributed by atoms with E-state index in [0.29, 0.717) is 47.0 Å². The molecule has 1 saturated heterocycles. The first-order chi connectivity index (χ1) is 21.7. The number of nitrogens with zero attached hydrogens (tertiary/aromatic N) is 3. The van der Waals surface area contributed by atoms with E-state index in [-0.39, 0.29) is 28.7 Å². The van der Waals surface area contributed by atoms with E-state index in [2.05, 4.69) is 26.5 Å². The van der Waals surface area contributed by atoms with E-state index in [4.69, 9.17) is 4.42 Å². The first-order valence-electron chi connectivity index (χ1n) is 14.1. The van der Waals surface area contributed by atoms with E-state index >= 15 is 0 Å². The number of hydrogen-bond donors (Lipinski definition) is 4. The van der Waals surface area contributed by atoms with Gasteiger partial charge in [-0.15, -0.1) is 0 Å². The average molecular weight is 645 g/mol. The summed E-state index contributed by atoms with van der Waals surface area (Å²) in [7, 11) is -0.994. The van der Waals surface area contributed by atoms with Gasteiger partial charge in [0, 0.05) is 59.4 Å². The van der Waals surface area contributed by atoms with Crippen LogP contribution in [0, 0.1) is 18.8 Å². The van der Waals surface area contributed by atoms with E-state index in [9.17, 15) is 24.9 Å². The summed E-state index contributed by atoms with van der Waals surface area (Å²) in [6.07, 6.45) is 4.97. The fraction of sp³-hybridized carbons (Fsp3) is 0.242. The van der Waals surface area contributed by atoms with Crippen molar-refractivity contribution in [2.24, 2.45) is 4.36 Å². The highest BCUT2D eigenvalue weighted by molar-refractivity contribution is 7.99. The third kappa shape index (κ3) is 8.48. The van der Waals surface area contributed by atoms with Crippen LogP contribution in [0.4, 0.5) is 5.69 Å². The molecular weight excluding hydrogens is 613 g/mol. The van der Waals surface area contributed by atoms with Crippen LogP contribution in [0.5, 0.6) is 5.75 Å². The Morgan fingerprint density at radius 2 is 1.93 bits per heavy atom. The minimum Gasteiger partial charge on any atom is -0.507 e. The number of pyridine rings is 1. The fourth-order valence-corrected chi connectivity index (χ4v) is 7.20. The Hall–Kier alpha value is -4.25. The quantitative estimate of drug-likeness (QED) is 0.162. The number of benzene rings is 2. The molecule has 12 heteroatoms. The van der Waals surface area contributed by atoms with Gasteiger partial charge < -0.3 is 25.1 Å². The predicted octanol–water partition coefficient (Wildman–Crippen LogP) is 4.42. The molecular formula is C33H32N4O6S2. The number of rotatable bonds is 8. The maximum absolute atomic E-state index is 13.3. The van der Waals surface area contributed by atoms with Gasteiger partial charge in [0.05, 0.1) is 22.5 Å². The topological polar surface area (TPSA) is 148 Å². The zero-order valence-corrected chi connectivity index (χ0v) is 26.1. The number of thioether (sulfide) groups is 1. The van der Waals surface area contributed by atoms with Crippen LogP contribution >= 0.6 is 11.8 Å². The summed E-state index contributed by atoms with van der Waals surface area (Å²) in [6, 6.07) is 17.2. The molecule has 2 aromatic heterocycles. The molecule has 2 aromatic carbocycles. The number of aliphatic hydroxyl groups is 2. The van der Waals surface area contributed by atoms with Crippen LogP contribution in [0.25, 0.3) is 0 Å². The van der Waals surface area contributed by atoms with Crippen LogP contribution in [0.2, 0.25) is 0 Å². The molecule has 1 aliphatic heterocycles. The second-order valence-electron chi connectivity index (χ2n) is 10.3. The van der Waals surface area contributed by atoms with Crippen LogP contribution in [-0.2, 0) is 10.7 Å². The van der Waals surface area contributed by atoms with Crippen molar-refractivity contribution in [3.05, 3.63) is 107 Å². The SMILES string of the molecule is Cc1ccoc1C(=O)Nc1cccc(C#Cc2cncc(C(=O)N=S(CCCN3CCSCC3(O)O)c3ccccc3O)c2)c1. The van der Waals surface area contributed by atoms with E-state index in [1.165, 1.54) is 24.2 Å². The molecule has 1 unspecified atom stereocenters. The number of phenols is 1. The molecule has 0 radical (unpaired) electrons. The molecule has 10 nitrogen and oxygen atoms in total. The lowest BCUT2D eigenvalue weighted by atomic mass is 10.1. The van der Waals surface area contributed by atoms with Gasteiger partial charge in [0.15, 0.2) is 5.76 Å². The van der Waals surface area contributed by atoms with Crippen molar-refractivity contribution in [1.29, 1.82) is 0 Å². The largest absolute Gasteiger partial charge is 0.507 e. The molecule has 0 aliphatic carbocycles. The van der Waals surface area contributed by atoms with Crippen molar-refractivity contribution >= 4 is 40.0 Å². The molecule has 4 N–H and O–H groups in total. The van der Waals surface area contributed by atoms with E-state index in [0.717, 1.165) is 11.3 Å². The summed E-state index contributed by atoms with van der Waals surface area (Å²) < 4.78 is 9.72. The van der Waals surface area contributed by atoms with Crippen LogP contribution in [0.15, 0.2) is 93.0 Å². The van der Waals surface area contributed by atoms with Crippen molar-refractivity contribution in [2.45, 2.75) is 24.2 Å². The van der Waals surface area contributed by atoms with Gasteiger partial charge in [-0.25, -0.2) is 0 Å². The van der Waals surface area contributed by atoms with Gasteiger partial charge in [-0.1, -0.05) is 40.7 Å². The maximum atomic E-state index is 13.3. The number of para-hydroxylation sites is 1. The number of phenolic OH excluding ortho intramolecular Hbond substituents is 1. The number of amides is 2. The number of aromatic nitrogens is 1. The van der Waals surface area contributed by atoms with E-state index in [1.807, 2.05) is 0 Å². The number of carbonyl (C=O) groups is 2. The van der Waals surface area contributed by atoms with Crippen molar-refractivity contribution in [2.75, 3.05) is 35.7 Å². The second-order valence-corrected chi connectivity index (χ2v) is 13.1. The third-order valence-corrected chi connectivity index (χ3v) is 9.89. The van der Waals surface area contributed by atoms with E-state index in [1.54, 1.807) is 78.7 Å². The molecule has 0 saturated carbocycles. The van der Waals surface area contributed by atoms with Gasteiger partial charge >= 0.3 is 0 Å². The summed E-state index contributed by atoms with van der Waals surface area (Å²) in [5.74, 6) is 5.06. The number of furan rings is 1. The first kappa shape index (κ1) is 32.2. The van der Waals surface area contributed by atoms with Crippen LogP contribution in [0.3, 0.4) is 0 Å². The Labute approximate surface area is 267 Å². The molecule has 0 bridgehead atoms. The maximum Gasteiger partial charge on any atom is 0.291 e. The van der Waals surface area contributed by atoms with Gasteiger partial charge in [-0.05, 0) is 55.8 Å². The molecule has 3 heterocycles. The number of aryl methyl sites for hydroxylation is 1. The molecule has 0 spiro atoms. The number of anilines is 1. The van der Waals surface area contributed by atoms with Gasteiger partial charge in [-0.2, -0.15) is 16.1 Å². The molecule has 1 atom stereocenters. The molecule has 1 fully saturated rings. The summed E-state index contributed by atoms with van der Waals surface area (Å²) in [5.41, 5.74) is 2.70.